The van der Waals surface area contributed by atoms with Gasteiger partial charge in [-0.05, 0) is 24.6 Å². The van der Waals surface area contributed by atoms with Crippen LogP contribution in [0, 0.1) is 6.92 Å². The van der Waals surface area contributed by atoms with Gasteiger partial charge in [0.05, 0.1) is 17.0 Å². The third kappa shape index (κ3) is 3.97. The zero-order chi connectivity index (χ0) is 18.8. The molecule has 1 saturated heterocycles. The second kappa shape index (κ2) is 7.19. The summed E-state index contributed by atoms with van der Waals surface area (Å²) < 4.78 is 34.9. The Labute approximate surface area is 145 Å². The van der Waals surface area contributed by atoms with Crippen molar-refractivity contribution in [2.75, 3.05) is 33.9 Å². The smallest absolute Gasteiger partial charge is 0.416 e. The topological polar surface area (TPSA) is 110 Å². The maximum Gasteiger partial charge on any atom is 0.416 e. The quantitative estimate of drug-likeness (QED) is 0.689. The van der Waals surface area contributed by atoms with Crippen LogP contribution in [0.5, 0.6) is 0 Å². The van der Waals surface area contributed by atoms with E-state index in [1.807, 2.05) is 0 Å². The molecular formula is C15H18N2O7S. The van der Waals surface area contributed by atoms with Crippen molar-refractivity contribution < 1.29 is 32.3 Å². The summed E-state index contributed by atoms with van der Waals surface area (Å²) in [5.74, 6) is -1.56. The van der Waals surface area contributed by atoms with E-state index in [-0.39, 0.29) is 23.6 Å². The number of aryl methyl sites for hydroxylation is 1. The van der Waals surface area contributed by atoms with Crippen molar-refractivity contribution in [3.05, 3.63) is 29.3 Å². The molecule has 0 N–H and O–H groups in total. The summed E-state index contributed by atoms with van der Waals surface area (Å²) in [7, 11) is -0.960. The summed E-state index contributed by atoms with van der Waals surface area (Å²) in [6, 6.07) is 4.06. The van der Waals surface area contributed by atoms with Gasteiger partial charge in [0.15, 0.2) is 6.61 Å². The minimum Gasteiger partial charge on any atom is -0.452 e. The van der Waals surface area contributed by atoms with Gasteiger partial charge in [-0.3, -0.25) is 4.79 Å². The average Bonchev–Trinajstić information content (AvgIpc) is 2.98. The first-order valence-corrected chi connectivity index (χ1v) is 8.76. The summed E-state index contributed by atoms with van der Waals surface area (Å²) in [6.07, 6.45) is -0.781. The highest BCUT2D eigenvalue weighted by atomic mass is 32.2. The van der Waals surface area contributed by atoms with Crippen molar-refractivity contribution in [1.29, 1.82) is 0 Å². The number of cyclic esters (lactones) is 1. The number of nitrogens with zero attached hydrogens (tertiary/aromatic N) is 2. The minimum atomic E-state index is -3.71. The number of amides is 2. The molecule has 136 valence electrons. The highest BCUT2D eigenvalue weighted by molar-refractivity contribution is 7.89. The summed E-state index contributed by atoms with van der Waals surface area (Å²) in [5.41, 5.74) is 0.524. The van der Waals surface area contributed by atoms with Crippen molar-refractivity contribution in [3.8, 4) is 0 Å². The van der Waals surface area contributed by atoms with E-state index in [1.165, 1.54) is 32.3 Å². The van der Waals surface area contributed by atoms with Crippen molar-refractivity contribution in [1.82, 2.24) is 9.21 Å². The van der Waals surface area contributed by atoms with Crippen LogP contribution in [0.2, 0.25) is 0 Å². The predicted molar refractivity (Wildman–Crippen MR) is 85.4 cm³/mol. The first kappa shape index (κ1) is 18.9. The molecule has 1 aliphatic rings. The molecule has 25 heavy (non-hydrogen) atoms. The van der Waals surface area contributed by atoms with Crippen LogP contribution >= 0.6 is 0 Å². The van der Waals surface area contributed by atoms with E-state index in [4.69, 9.17) is 4.74 Å². The summed E-state index contributed by atoms with van der Waals surface area (Å²) >= 11 is 0. The van der Waals surface area contributed by atoms with Crippen molar-refractivity contribution in [2.24, 2.45) is 0 Å². The molecule has 0 spiro atoms. The largest absolute Gasteiger partial charge is 0.452 e. The van der Waals surface area contributed by atoms with Crippen LogP contribution in [0.3, 0.4) is 0 Å². The van der Waals surface area contributed by atoms with Crippen molar-refractivity contribution in [2.45, 2.75) is 11.8 Å². The molecule has 0 bridgehead atoms. The molecule has 0 aromatic heterocycles. The number of imide groups is 1. The highest BCUT2D eigenvalue weighted by Gasteiger charge is 2.29. The van der Waals surface area contributed by atoms with Gasteiger partial charge in [-0.1, -0.05) is 6.07 Å². The number of hydrogen-bond donors (Lipinski definition) is 0. The van der Waals surface area contributed by atoms with Gasteiger partial charge in [-0.25, -0.2) is 27.2 Å². The van der Waals surface area contributed by atoms with E-state index in [1.54, 1.807) is 6.92 Å². The van der Waals surface area contributed by atoms with Gasteiger partial charge in [0.1, 0.15) is 6.61 Å². The third-order valence-electron chi connectivity index (χ3n) is 3.60. The standard InChI is InChI=1S/C15H18N2O7S/c1-10-4-5-11(25(21,22)16(2)3)8-12(10)14(19)24-9-13(18)17-6-7-23-15(17)20/h4-5,8H,6-7,9H2,1-3H3. The summed E-state index contributed by atoms with van der Waals surface area (Å²) in [5, 5.41) is 0. The lowest BCUT2D eigenvalue weighted by atomic mass is 10.1. The number of esters is 1. The maximum atomic E-state index is 12.2. The van der Waals surface area contributed by atoms with E-state index in [2.05, 4.69) is 4.74 Å². The molecule has 2 amide bonds. The zero-order valence-corrected chi connectivity index (χ0v) is 14.8. The number of rotatable bonds is 5. The maximum absolute atomic E-state index is 12.2. The molecule has 0 saturated carbocycles. The molecule has 9 nitrogen and oxygen atoms in total. The molecular weight excluding hydrogens is 352 g/mol. The van der Waals surface area contributed by atoms with Gasteiger partial charge < -0.3 is 9.47 Å². The van der Waals surface area contributed by atoms with E-state index in [9.17, 15) is 22.8 Å². The number of ether oxygens (including phenoxy) is 2. The van der Waals surface area contributed by atoms with Crippen molar-refractivity contribution >= 4 is 28.0 Å². The first-order chi connectivity index (χ1) is 11.6. The Hall–Kier alpha value is -2.46. The lowest BCUT2D eigenvalue weighted by Gasteiger charge is -2.14. The molecule has 0 radical (unpaired) electrons. The Bertz CT molecular complexity index is 817. The van der Waals surface area contributed by atoms with Gasteiger partial charge in [0.2, 0.25) is 10.0 Å². The highest BCUT2D eigenvalue weighted by Crippen LogP contribution is 2.19. The summed E-state index contributed by atoms with van der Waals surface area (Å²) in [6.45, 7) is 1.17. The Morgan fingerprint density at radius 2 is 2.00 bits per heavy atom. The number of benzene rings is 1. The average molecular weight is 370 g/mol. The second-order valence-corrected chi connectivity index (χ2v) is 7.65. The molecule has 1 fully saturated rings. The van der Waals surface area contributed by atoms with E-state index >= 15 is 0 Å². The van der Waals surface area contributed by atoms with E-state index in [0.717, 1.165) is 9.21 Å². The lowest BCUT2D eigenvalue weighted by molar-refractivity contribution is -0.131. The molecule has 10 heteroatoms. The molecule has 2 rings (SSSR count). The van der Waals surface area contributed by atoms with Crippen LogP contribution in [0.1, 0.15) is 15.9 Å². The molecule has 1 aromatic carbocycles. The van der Waals surface area contributed by atoms with Crippen LogP contribution in [0.4, 0.5) is 4.79 Å². The molecule has 0 unspecified atom stereocenters. The third-order valence-corrected chi connectivity index (χ3v) is 5.41. The van der Waals surface area contributed by atoms with Gasteiger partial charge in [-0.15, -0.1) is 0 Å². The fraction of sp³-hybridized carbons (Fsp3) is 0.400. The normalized spacial score (nSPS) is 14.6. The monoisotopic (exact) mass is 370 g/mol. The van der Waals surface area contributed by atoms with E-state index in [0.29, 0.717) is 5.56 Å². The SMILES string of the molecule is Cc1ccc(S(=O)(=O)N(C)C)cc1C(=O)OCC(=O)N1CCOC1=O. The zero-order valence-electron chi connectivity index (χ0n) is 14.0. The first-order valence-electron chi connectivity index (χ1n) is 7.32. The lowest BCUT2D eigenvalue weighted by Crippen LogP contribution is -2.35. The number of hydrogen-bond acceptors (Lipinski definition) is 7. The van der Waals surface area contributed by atoms with Crippen LogP contribution < -0.4 is 0 Å². The Balaban J connectivity index is 2.14. The Morgan fingerprint density at radius 1 is 1.32 bits per heavy atom. The minimum absolute atomic E-state index is 0.0275. The van der Waals surface area contributed by atoms with Gasteiger partial charge in [-0.2, -0.15) is 0 Å². The van der Waals surface area contributed by atoms with Gasteiger partial charge in [0.25, 0.3) is 5.91 Å². The van der Waals surface area contributed by atoms with E-state index < -0.39 is 34.6 Å². The van der Waals surface area contributed by atoms with Crippen LogP contribution in [0.15, 0.2) is 23.1 Å². The van der Waals surface area contributed by atoms with Crippen LogP contribution in [-0.2, 0) is 24.3 Å². The molecule has 1 aliphatic heterocycles. The fourth-order valence-corrected chi connectivity index (χ4v) is 3.02. The Morgan fingerprint density at radius 3 is 2.56 bits per heavy atom. The number of carbonyl (C=O) groups is 3. The van der Waals surface area contributed by atoms with Gasteiger partial charge in [0, 0.05) is 14.1 Å². The predicted octanol–water partition coefficient (Wildman–Crippen LogP) is 0.381. The van der Waals surface area contributed by atoms with Crippen LogP contribution in [0.25, 0.3) is 0 Å². The number of carbonyl (C=O) groups excluding carboxylic acids is 3. The molecule has 0 aliphatic carbocycles. The van der Waals surface area contributed by atoms with Crippen LogP contribution in [-0.4, -0.2) is 69.4 Å². The molecule has 1 heterocycles. The van der Waals surface area contributed by atoms with Crippen molar-refractivity contribution in [3.63, 3.8) is 0 Å². The Kier molecular flexibility index (Phi) is 5.43. The molecule has 0 atom stereocenters. The summed E-state index contributed by atoms with van der Waals surface area (Å²) in [4.78, 5) is 36.1. The van der Waals surface area contributed by atoms with Gasteiger partial charge >= 0.3 is 12.1 Å². The number of sulfonamides is 1. The molecule has 1 aromatic rings. The second-order valence-electron chi connectivity index (χ2n) is 5.50. The fourth-order valence-electron chi connectivity index (χ4n) is 2.10.